The van der Waals surface area contributed by atoms with Crippen molar-refractivity contribution in [2.75, 3.05) is 26.9 Å². The molecular weight excluding hydrogens is 262 g/mol. The molecule has 1 aromatic rings. The molecule has 0 saturated heterocycles. The van der Waals surface area contributed by atoms with Gasteiger partial charge in [0.1, 0.15) is 12.4 Å². The topological polar surface area (TPSA) is 30.5 Å². The van der Waals surface area contributed by atoms with Gasteiger partial charge in [0.05, 0.1) is 6.61 Å². The van der Waals surface area contributed by atoms with Crippen LogP contribution in [0, 0.1) is 0 Å². The van der Waals surface area contributed by atoms with Crippen molar-refractivity contribution in [2.24, 2.45) is 0 Å². The molecule has 21 heavy (non-hydrogen) atoms. The molecule has 0 aliphatic heterocycles. The van der Waals surface area contributed by atoms with Crippen molar-refractivity contribution in [2.45, 2.75) is 52.0 Å². The highest BCUT2D eigenvalue weighted by Crippen LogP contribution is 2.12. The van der Waals surface area contributed by atoms with Crippen molar-refractivity contribution in [3.63, 3.8) is 0 Å². The third-order valence-electron chi connectivity index (χ3n) is 3.62. The molecule has 1 N–H and O–H groups in total. The standard InChI is InChI=1S/C18H31NO2/c1-4-5-6-7-16(2)19-13-15-21-18-10-8-17(9-11-18)12-14-20-3/h8-11,16,19H,4-7,12-15H2,1-3H3. The van der Waals surface area contributed by atoms with E-state index in [1.165, 1.54) is 31.2 Å². The Hall–Kier alpha value is -1.06. The highest BCUT2D eigenvalue weighted by atomic mass is 16.5. The van der Waals surface area contributed by atoms with Crippen LogP contribution in [0.5, 0.6) is 5.75 Å². The normalized spacial score (nSPS) is 12.3. The van der Waals surface area contributed by atoms with E-state index >= 15 is 0 Å². The summed E-state index contributed by atoms with van der Waals surface area (Å²) in [6.45, 7) is 6.88. The first-order valence-corrected chi connectivity index (χ1v) is 8.20. The highest BCUT2D eigenvalue weighted by molar-refractivity contribution is 5.27. The van der Waals surface area contributed by atoms with Gasteiger partial charge in [-0.1, -0.05) is 38.3 Å². The Morgan fingerprint density at radius 3 is 2.52 bits per heavy atom. The van der Waals surface area contributed by atoms with Gasteiger partial charge in [-0.3, -0.25) is 0 Å². The van der Waals surface area contributed by atoms with Crippen LogP contribution in [-0.2, 0) is 11.2 Å². The van der Waals surface area contributed by atoms with E-state index in [-0.39, 0.29) is 0 Å². The van der Waals surface area contributed by atoms with Crippen molar-refractivity contribution in [3.8, 4) is 5.75 Å². The van der Waals surface area contributed by atoms with Crippen LogP contribution in [0.4, 0.5) is 0 Å². The Kier molecular flexibility index (Phi) is 9.92. The van der Waals surface area contributed by atoms with Crippen LogP contribution in [0.15, 0.2) is 24.3 Å². The molecule has 1 unspecified atom stereocenters. The monoisotopic (exact) mass is 293 g/mol. The van der Waals surface area contributed by atoms with E-state index < -0.39 is 0 Å². The SMILES string of the molecule is CCCCCC(C)NCCOc1ccc(CCOC)cc1. The summed E-state index contributed by atoms with van der Waals surface area (Å²) in [6.07, 6.45) is 6.14. The summed E-state index contributed by atoms with van der Waals surface area (Å²) >= 11 is 0. The Morgan fingerprint density at radius 1 is 1.10 bits per heavy atom. The molecule has 0 aromatic heterocycles. The fraction of sp³-hybridized carbons (Fsp3) is 0.667. The second-order valence-electron chi connectivity index (χ2n) is 5.59. The molecule has 1 rings (SSSR count). The van der Waals surface area contributed by atoms with Gasteiger partial charge in [-0.05, 0) is 37.5 Å². The van der Waals surface area contributed by atoms with E-state index in [1.807, 2.05) is 12.1 Å². The van der Waals surface area contributed by atoms with Crippen LogP contribution in [0.25, 0.3) is 0 Å². The van der Waals surface area contributed by atoms with E-state index in [0.717, 1.165) is 31.9 Å². The molecule has 3 heteroatoms. The lowest BCUT2D eigenvalue weighted by Crippen LogP contribution is -2.30. The van der Waals surface area contributed by atoms with Gasteiger partial charge < -0.3 is 14.8 Å². The molecule has 0 fully saturated rings. The number of rotatable bonds is 12. The van der Waals surface area contributed by atoms with E-state index in [4.69, 9.17) is 9.47 Å². The van der Waals surface area contributed by atoms with Gasteiger partial charge in [0.2, 0.25) is 0 Å². The van der Waals surface area contributed by atoms with E-state index in [0.29, 0.717) is 6.04 Å². The molecule has 0 amide bonds. The number of hydrogen-bond acceptors (Lipinski definition) is 3. The minimum atomic E-state index is 0.580. The number of benzene rings is 1. The lowest BCUT2D eigenvalue weighted by molar-refractivity contribution is 0.202. The fourth-order valence-electron chi connectivity index (χ4n) is 2.25. The molecule has 1 atom stereocenters. The zero-order valence-corrected chi connectivity index (χ0v) is 13.9. The molecule has 0 bridgehead atoms. The summed E-state index contributed by atoms with van der Waals surface area (Å²) in [6, 6.07) is 8.87. The molecule has 0 aliphatic carbocycles. The molecular formula is C18H31NO2. The lowest BCUT2D eigenvalue weighted by atomic mass is 10.1. The predicted molar refractivity (Wildman–Crippen MR) is 89.1 cm³/mol. The largest absolute Gasteiger partial charge is 0.492 e. The van der Waals surface area contributed by atoms with Crippen LogP contribution in [0.1, 0.15) is 45.1 Å². The fourth-order valence-corrected chi connectivity index (χ4v) is 2.25. The van der Waals surface area contributed by atoms with E-state index in [2.05, 4.69) is 31.3 Å². The number of ether oxygens (including phenoxy) is 2. The summed E-state index contributed by atoms with van der Waals surface area (Å²) in [5.74, 6) is 0.941. The first kappa shape index (κ1) is 18.0. The maximum atomic E-state index is 5.75. The predicted octanol–water partition coefficient (Wildman–Crippen LogP) is 3.81. The summed E-state index contributed by atoms with van der Waals surface area (Å²) in [4.78, 5) is 0. The minimum Gasteiger partial charge on any atom is -0.492 e. The molecule has 0 saturated carbocycles. The number of methoxy groups -OCH3 is 1. The van der Waals surface area contributed by atoms with E-state index in [1.54, 1.807) is 7.11 Å². The third-order valence-corrected chi connectivity index (χ3v) is 3.62. The molecule has 0 radical (unpaired) electrons. The number of unbranched alkanes of at least 4 members (excludes halogenated alkanes) is 2. The molecule has 120 valence electrons. The summed E-state index contributed by atoms with van der Waals surface area (Å²) < 4.78 is 10.8. The van der Waals surface area contributed by atoms with Crippen LogP contribution >= 0.6 is 0 Å². The van der Waals surface area contributed by atoms with Crippen molar-refractivity contribution in [3.05, 3.63) is 29.8 Å². The van der Waals surface area contributed by atoms with Gasteiger partial charge in [-0.15, -0.1) is 0 Å². The van der Waals surface area contributed by atoms with Crippen LogP contribution in [0.2, 0.25) is 0 Å². The van der Waals surface area contributed by atoms with Crippen LogP contribution < -0.4 is 10.1 Å². The lowest BCUT2D eigenvalue weighted by Gasteiger charge is -2.14. The quantitative estimate of drug-likeness (QED) is 0.594. The Balaban J connectivity index is 2.12. The third kappa shape index (κ3) is 8.74. The van der Waals surface area contributed by atoms with Gasteiger partial charge in [0.15, 0.2) is 0 Å². The summed E-state index contributed by atoms with van der Waals surface area (Å²) in [7, 11) is 1.73. The van der Waals surface area contributed by atoms with Gasteiger partial charge in [-0.2, -0.15) is 0 Å². The number of nitrogens with one attached hydrogen (secondary N) is 1. The van der Waals surface area contributed by atoms with Crippen molar-refractivity contribution >= 4 is 0 Å². The Morgan fingerprint density at radius 2 is 1.86 bits per heavy atom. The average molecular weight is 293 g/mol. The minimum absolute atomic E-state index is 0.580. The van der Waals surface area contributed by atoms with Gasteiger partial charge in [0.25, 0.3) is 0 Å². The van der Waals surface area contributed by atoms with Gasteiger partial charge >= 0.3 is 0 Å². The van der Waals surface area contributed by atoms with Crippen molar-refractivity contribution < 1.29 is 9.47 Å². The molecule has 0 aliphatic rings. The summed E-state index contributed by atoms with van der Waals surface area (Å²) in [5.41, 5.74) is 1.28. The smallest absolute Gasteiger partial charge is 0.119 e. The Labute approximate surface area is 130 Å². The Bertz CT molecular complexity index is 351. The van der Waals surface area contributed by atoms with Gasteiger partial charge in [0, 0.05) is 19.7 Å². The van der Waals surface area contributed by atoms with Gasteiger partial charge in [-0.25, -0.2) is 0 Å². The molecule has 3 nitrogen and oxygen atoms in total. The summed E-state index contributed by atoms with van der Waals surface area (Å²) in [5, 5.41) is 3.51. The molecule has 1 aromatic carbocycles. The zero-order valence-electron chi connectivity index (χ0n) is 13.9. The maximum absolute atomic E-state index is 5.75. The first-order chi connectivity index (χ1) is 10.3. The average Bonchev–Trinajstić information content (AvgIpc) is 2.51. The first-order valence-electron chi connectivity index (χ1n) is 8.20. The van der Waals surface area contributed by atoms with E-state index in [9.17, 15) is 0 Å². The zero-order chi connectivity index (χ0) is 15.3. The van der Waals surface area contributed by atoms with Crippen LogP contribution in [0.3, 0.4) is 0 Å². The maximum Gasteiger partial charge on any atom is 0.119 e. The van der Waals surface area contributed by atoms with Crippen molar-refractivity contribution in [1.29, 1.82) is 0 Å². The molecule has 0 heterocycles. The highest BCUT2D eigenvalue weighted by Gasteiger charge is 2.01. The van der Waals surface area contributed by atoms with Crippen molar-refractivity contribution in [1.82, 2.24) is 5.32 Å². The van der Waals surface area contributed by atoms with Crippen LogP contribution in [-0.4, -0.2) is 32.9 Å². The second-order valence-corrected chi connectivity index (χ2v) is 5.59. The number of hydrogen-bond donors (Lipinski definition) is 1. The molecule has 0 spiro atoms. The second kappa shape index (κ2) is 11.6.